The number of furan rings is 1. The van der Waals surface area contributed by atoms with E-state index in [1.54, 1.807) is 6.07 Å². The van der Waals surface area contributed by atoms with Gasteiger partial charge in [-0.15, -0.1) is 0 Å². The number of rotatable bonds is 5. The number of nitrogens with one attached hydrogen (secondary N) is 1. The van der Waals surface area contributed by atoms with Crippen LogP contribution in [-0.2, 0) is 6.42 Å². The van der Waals surface area contributed by atoms with Crippen molar-refractivity contribution in [3.63, 3.8) is 0 Å². The maximum absolute atomic E-state index is 6.17. The Hall–Kier alpha value is -0.960. The molecule has 0 fully saturated rings. The third kappa shape index (κ3) is 3.75. The van der Waals surface area contributed by atoms with Gasteiger partial charge in [0.15, 0.2) is 0 Å². The molecule has 0 radical (unpaired) electrons. The average molecular weight is 298 g/mol. The summed E-state index contributed by atoms with van der Waals surface area (Å²) in [7, 11) is 0. The van der Waals surface area contributed by atoms with Crippen molar-refractivity contribution in [2.24, 2.45) is 0 Å². The number of hydrogen-bond acceptors (Lipinski definition) is 2. The van der Waals surface area contributed by atoms with Crippen molar-refractivity contribution in [2.75, 3.05) is 6.54 Å². The van der Waals surface area contributed by atoms with Gasteiger partial charge in [0, 0.05) is 23.0 Å². The molecule has 2 nitrogen and oxygen atoms in total. The van der Waals surface area contributed by atoms with E-state index in [4.69, 9.17) is 27.6 Å². The first-order chi connectivity index (χ1) is 9.10. The van der Waals surface area contributed by atoms with Crippen molar-refractivity contribution < 1.29 is 4.42 Å². The Balaban J connectivity index is 2.16. The van der Waals surface area contributed by atoms with Gasteiger partial charge in [-0.05, 0) is 43.8 Å². The van der Waals surface area contributed by atoms with Crippen LogP contribution in [0.2, 0.25) is 10.0 Å². The van der Waals surface area contributed by atoms with Gasteiger partial charge in [0.25, 0.3) is 0 Å². The standard InChI is InChI=1S/C15H17Cl2NO/c1-3-18-10(2)8-12-5-7-15(19-12)13-6-4-11(16)9-14(13)17/h4-7,9-10,18H,3,8H2,1-2H3. The first kappa shape index (κ1) is 14.4. The lowest BCUT2D eigenvalue weighted by atomic mass is 10.2. The zero-order valence-corrected chi connectivity index (χ0v) is 12.6. The molecule has 0 bridgehead atoms. The topological polar surface area (TPSA) is 25.2 Å². The summed E-state index contributed by atoms with van der Waals surface area (Å²) in [6, 6.07) is 9.75. The average Bonchev–Trinajstić information content (AvgIpc) is 2.77. The third-order valence-corrected chi connectivity index (χ3v) is 3.47. The van der Waals surface area contributed by atoms with Gasteiger partial charge < -0.3 is 9.73 Å². The van der Waals surface area contributed by atoms with E-state index in [0.29, 0.717) is 16.1 Å². The predicted octanol–water partition coefficient (Wildman–Crippen LogP) is 4.79. The number of halogens is 2. The molecule has 1 heterocycles. The van der Waals surface area contributed by atoms with Crippen LogP contribution in [-0.4, -0.2) is 12.6 Å². The van der Waals surface area contributed by atoms with Gasteiger partial charge >= 0.3 is 0 Å². The van der Waals surface area contributed by atoms with Crippen molar-refractivity contribution >= 4 is 23.2 Å². The quantitative estimate of drug-likeness (QED) is 0.858. The molecule has 0 aliphatic carbocycles. The van der Waals surface area contributed by atoms with Crippen LogP contribution in [0.15, 0.2) is 34.7 Å². The Bertz CT molecular complexity index is 551. The van der Waals surface area contributed by atoms with Crippen LogP contribution in [0.25, 0.3) is 11.3 Å². The summed E-state index contributed by atoms with van der Waals surface area (Å²) in [6.07, 6.45) is 0.860. The van der Waals surface area contributed by atoms with E-state index in [9.17, 15) is 0 Å². The lowest BCUT2D eigenvalue weighted by Crippen LogP contribution is -2.27. The summed E-state index contributed by atoms with van der Waals surface area (Å²) >= 11 is 12.1. The van der Waals surface area contributed by atoms with E-state index in [1.165, 1.54) is 0 Å². The molecule has 0 saturated carbocycles. The SMILES string of the molecule is CCNC(C)Cc1ccc(-c2ccc(Cl)cc2Cl)o1. The molecule has 1 unspecified atom stereocenters. The van der Waals surface area contributed by atoms with Gasteiger partial charge in [-0.2, -0.15) is 0 Å². The Morgan fingerprint density at radius 1 is 1.21 bits per heavy atom. The lowest BCUT2D eigenvalue weighted by Gasteiger charge is -2.09. The number of likely N-dealkylation sites (N-methyl/N-ethyl adjacent to an activating group) is 1. The first-order valence-electron chi connectivity index (χ1n) is 6.37. The molecule has 102 valence electrons. The van der Waals surface area contributed by atoms with Crippen molar-refractivity contribution in [1.29, 1.82) is 0 Å². The minimum atomic E-state index is 0.393. The fraction of sp³-hybridized carbons (Fsp3) is 0.333. The second-order valence-corrected chi connectivity index (χ2v) is 5.40. The predicted molar refractivity (Wildman–Crippen MR) is 81.0 cm³/mol. The van der Waals surface area contributed by atoms with Crippen molar-refractivity contribution in [3.8, 4) is 11.3 Å². The molecule has 0 aliphatic rings. The number of benzene rings is 1. The van der Waals surface area contributed by atoms with E-state index in [2.05, 4.69) is 19.2 Å². The maximum atomic E-state index is 6.17. The molecule has 0 aliphatic heterocycles. The second-order valence-electron chi connectivity index (χ2n) is 4.55. The summed E-state index contributed by atoms with van der Waals surface area (Å²) in [4.78, 5) is 0. The van der Waals surface area contributed by atoms with E-state index in [1.807, 2.05) is 24.3 Å². The molecule has 0 saturated heterocycles. The Kier molecular flexibility index (Phi) is 4.92. The van der Waals surface area contributed by atoms with Gasteiger partial charge in [0.2, 0.25) is 0 Å². The summed E-state index contributed by atoms with van der Waals surface area (Å²) in [6.45, 7) is 5.19. The molecule has 0 spiro atoms. The molecule has 1 aromatic heterocycles. The highest BCUT2D eigenvalue weighted by Gasteiger charge is 2.11. The van der Waals surface area contributed by atoms with Crippen LogP contribution < -0.4 is 5.32 Å². The second kappa shape index (κ2) is 6.47. The molecular weight excluding hydrogens is 281 g/mol. The van der Waals surface area contributed by atoms with Gasteiger partial charge in [-0.25, -0.2) is 0 Å². The van der Waals surface area contributed by atoms with Crippen molar-refractivity contribution in [1.82, 2.24) is 5.32 Å². The Morgan fingerprint density at radius 3 is 2.68 bits per heavy atom. The normalized spacial score (nSPS) is 12.6. The van der Waals surface area contributed by atoms with Gasteiger partial charge in [0.1, 0.15) is 11.5 Å². The van der Waals surface area contributed by atoms with Gasteiger partial charge in [-0.3, -0.25) is 0 Å². The van der Waals surface area contributed by atoms with Gasteiger partial charge in [-0.1, -0.05) is 30.1 Å². The summed E-state index contributed by atoms with van der Waals surface area (Å²) in [5.41, 5.74) is 0.869. The largest absolute Gasteiger partial charge is 0.461 e. The molecule has 1 N–H and O–H groups in total. The van der Waals surface area contributed by atoms with E-state index < -0.39 is 0 Å². The van der Waals surface area contributed by atoms with Crippen LogP contribution in [0.3, 0.4) is 0 Å². The van der Waals surface area contributed by atoms with Crippen LogP contribution in [0, 0.1) is 0 Å². The minimum Gasteiger partial charge on any atom is -0.461 e. The monoisotopic (exact) mass is 297 g/mol. The van der Waals surface area contributed by atoms with Crippen molar-refractivity contribution in [3.05, 3.63) is 46.1 Å². The van der Waals surface area contributed by atoms with Crippen molar-refractivity contribution in [2.45, 2.75) is 26.3 Å². The fourth-order valence-electron chi connectivity index (χ4n) is 2.04. The first-order valence-corrected chi connectivity index (χ1v) is 7.13. The zero-order valence-electron chi connectivity index (χ0n) is 11.0. The molecule has 1 aromatic carbocycles. The molecule has 0 amide bonds. The van der Waals surface area contributed by atoms with E-state index in [0.717, 1.165) is 30.0 Å². The van der Waals surface area contributed by atoms with Crippen LogP contribution in [0.4, 0.5) is 0 Å². The highest BCUT2D eigenvalue weighted by Crippen LogP contribution is 2.31. The summed E-state index contributed by atoms with van der Waals surface area (Å²) < 4.78 is 5.84. The van der Waals surface area contributed by atoms with Gasteiger partial charge in [0.05, 0.1) is 5.02 Å². The Morgan fingerprint density at radius 2 is 2.00 bits per heavy atom. The molecular formula is C15H17Cl2NO. The smallest absolute Gasteiger partial charge is 0.135 e. The molecule has 19 heavy (non-hydrogen) atoms. The molecule has 2 aromatic rings. The van der Waals surface area contributed by atoms with E-state index in [-0.39, 0.29) is 0 Å². The van der Waals surface area contributed by atoms with E-state index >= 15 is 0 Å². The number of hydrogen-bond donors (Lipinski definition) is 1. The molecule has 4 heteroatoms. The summed E-state index contributed by atoms with van der Waals surface area (Å²) in [5, 5.41) is 4.59. The third-order valence-electron chi connectivity index (χ3n) is 2.92. The molecule has 2 rings (SSSR count). The highest BCUT2D eigenvalue weighted by molar-refractivity contribution is 6.36. The summed E-state index contributed by atoms with van der Waals surface area (Å²) in [5.74, 6) is 1.73. The lowest BCUT2D eigenvalue weighted by molar-refractivity contribution is 0.470. The maximum Gasteiger partial charge on any atom is 0.135 e. The van der Waals surface area contributed by atoms with Crippen LogP contribution >= 0.6 is 23.2 Å². The molecule has 1 atom stereocenters. The highest BCUT2D eigenvalue weighted by atomic mass is 35.5. The fourth-order valence-corrected chi connectivity index (χ4v) is 2.55. The Labute approximate surface area is 123 Å². The van der Waals surface area contributed by atoms with Crippen LogP contribution in [0.1, 0.15) is 19.6 Å². The zero-order chi connectivity index (χ0) is 13.8. The van der Waals surface area contributed by atoms with Crippen LogP contribution in [0.5, 0.6) is 0 Å². The minimum absolute atomic E-state index is 0.393.